The summed E-state index contributed by atoms with van der Waals surface area (Å²) in [5.41, 5.74) is 0.887. The highest BCUT2D eigenvalue weighted by molar-refractivity contribution is 6.17. The molecule has 0 bridgehead atoms. The summed E-state index contributed by atoms with van der Waals surface area (Å²) >= 11 is 5.61. The van der Waals surface area contributed by atoms with Crippen molar-refractivity contribution in [3.63, 3.8) is 0 Å². The molecule has 1 aliphatic carbocycles. The minimum Gasteiger partial charge on any atom is -0.252 e. The quantitative estimate of drug-likeness (QED) is 0.774. The Bertz CT molecular complexity index is 381. The highest BCUT2D eigenvalue weighted by Crippen LogP contribution is 2.37. The van der Waals surface area contributed by atoms with Gasteiger partial charge in [0.25, 0.3) is 0 Å². The van der Waals surface area contributed by atoms with E-state index in [1.165, 1.54) is 0 Å². The average molecular weight is 278 g/mol. The lowest BCUT2D eigenvalue weighted by Crippen LogP contribution is -2.28. The Balaban J connectivity index is 1.87. The lowest BCUT2D eigenvalue weighted by Gasteiger charge is -2.28. The summed E-state index contributed by atoms with van der Waals surface area (Å²) in [6, 6.07) is 0. The van der Waals surface area contributed by atoms with E-state index in [4.69, 9.17) is 11.6 Å². The molecular weight excluding hydrogens is 260 g/mol. The molecule has 0 spiro atoms. The third kappa shape index (κ3) is 3.90. The maximum absolute atomic E-state index is 13.3. The number of hydrogen-bond acceptors (Lipinski definition) is 2. The molecule has 2 rings (SSSR count). The van der Waals surface area contributed by atoms with E-state index in [0.29, 0.717) is 18.8 Å². The van der Waals surface area contributed by atoms with Crippen molar-refractivity contribution in [2.75, 3.05) is 5.88 Å². The zero-order valence-electron chi connectivity index (χ0n) is 10.3. The average Bonchev–Trinajstić information content (AvgIpc) is 2.73. The zero-order valence-corrected chi connectivity index (χ0v) is 11.0. The molecule has 1 aliphatic rings. The van der Waals surface area contributed by atoms with Gasteiger partial charge in [0.1, 0.15) is 0 Å². The predicted octanol–water partition coefficient (Wildman–Crippen LogP) is 3.28. The number of halogens is 3. The monoisotopic (exact) mass is 277 g/mol. The molecule has 0 amide bonds. The van der Waals surface area contributed by atoms with Crippen LogP contribution < -0.4 is 0 Å². The van der Waals surface area contributed by atoms with E-state index in [9.17, 15) is 8.78 Å². The molecule has 1 aromatic rings. The van der Waals surface area contributed by atoms with Crippen LogP contribution in [-0.4, -0.2) is 26.8 Å². The maximum atomic E-state index is 13.3. The summed E-state index contributed by atoms with van der Waals surface area (Å²) in [5, 5.41) is 8.01. The predicted molar refractivity (Wildman–Crippen MR) is 66.0 cm³/mol. The van der Waals surface area contributed by atoms with Crippen LogP contribution in [0.5, 0.6) is 0 Å². The van der Waals surface area contributed by atoms with Crippen LogP contribution in [0, 0.1) is 5.92 Å². The molecule has 0 saturated heterocycles. The number of rotatable bonds is 5. The van der Waals surface area contributed by atoms with Crippen LogP contribution in [0.25, 0.3) is 0 Å². The van der Waals surface area contributed by atoms with Crippen LogP contribution >= 0.6 is 11.6 Å². The van der Waals surface area contributed by atoms with E-state index in [1.54, 1.807) is 4.68 Å². The van der Waals surface area contributed by atoms with Gasteiger partial charge in [0, 0.05) is 31.5 Å². The molecule has 1 saturated carbocycles. The molecule has 1 fully saturated rings. The number of alkyl halides is 3. The molecule has 0 N–H and O–H groups in total. The van der Waals surface area contributed by atoms with Gasteiger partial charge in [-0.15, -0.1) is 16.7 Å². The van der Waals surface area contributed by atoms with Crippen LogP contribution in [0.4, 0.5) is 8.78 Å². The molecule has 1 unspecified atom stereocenters. The number of hydrogen-bond donors (Lipinski definition) is 0. The summed E-state index contributed by atoms with van der Waals surface area (Å²) in [6.07, 6.45) is 4.97. The van der Waals surface area contributed by atoms with E-state index in [2.05, 4.69) is 10.3 Å². The lowest BCUT2D eigenvalue weighted by molar-refractivity contribution is -0.0552. The van der Waals surface area contributed by atoms with Gasteiger partial charge in [-0.1, -0.05) is 5.21 Å². The van der Waals surface area contributed by atoms with Gasteiger partial charge in [-0.05, 0) is 31.6 Å². The van der Waals surface area contributed by atoms with E-state index in [-0.39, 0.29) is 18.8 Å². The van der Waals surface area contributed by atoms with Crippen molar-refractivity contribution in [2.45, 2.75) is 51.0 Å². The van der Waals surface area contributed by atoms with Gasteiger partial charge >= 0.3 is 0 Å². The third-order valence-corrected chi connectivity index (χ3v) is 3.61. The molecule has 102 valence electrons. The zero-order chi connectivity index (χ0) is 13.0. The van der Waals surface area contributed by atoms with E-state index < -0.39 is 5.92 Å². The van der Waals surface area contributed by atoms with Gasteiger partial charge in [-0.2, -0.15) is 0 Å². The molecule has 0 aromatic carbocycles. The minimum atomic E-state index is -2.50. The van der Waals surface area contributed by atoms with Gasteiger partial charge in [-0.3, -0.25) is 4.68 Å². The maximum Gasteiger partial charge on any atom is 0.248 e. The topological polar surface area (TPSA) is 30.7 Å². The van der Waals surface area contributed by atoms with Crippen molar-refractivity contribution in [3.05, 3.63) is 11.9 Å². The molecule has 0 aliphatic heterocycles. The first kappa shape index (κ1) is 13.7. The SMILES string of the molecule is FC1(F)CCCC(Cn2cc(CCCCl)nn2)C1. The van der Waals surface area contributed by atoms with E-state index in [1.807, 2.05) is 6.20 Å². The second-order valence-corrected chi connectivity index (χ2v) is 5.42. The molecule has 6 heteroatoms. The van der Waals surface area contributed by atoms with Crippen molar-refractivity contribution in [2.24, 2.45) is 5.92 Å². The molecule has 3 nitrogen and oxygen atoms in total. The number of nitrogens with zero attached hydrogens (tertiary/aromatic N) is 3. The number of aryl methyl sites for hydroxylation is 1. The van der Waals surface area contributed by atoms with Gasteiger partial charge < -0.3 is 0 Å². The van der Waals surface area contributed by atoms with Gasteiger partial charge in [0.15, 0.2) is 0 Å². The van der Waals surface area contributed by atoms with Crippen LogP contribution in [0.2, 0.25) is 0 Å². The van der Waals surface area contributed by atoms with Gasteiger partial charge in [0.2, 0.25) is 5.92 Å². The Morgan fingerprint density at radius 3 is 3.06 bits per heavy atom. The van der Waals surface area contributed by atoms with Crippen molar-refractivity contribution >= 4 is 11.6 Å². The fraction of sp³-hybridized carbons (Fsp3) is 0.833. The summed E-state index contributed by atoms with van der Waals surface area (Å²) in [6.45, 7) is 0.545. The first-order valence-corrected chi connectivity index (χ1v) is 6.95. The Labute approximate surface area is 111 Å². The van der Waals surface area contributed by atoms with Crippen LogP contribution in [0.1, 0.15) is 37.8 Å². The normalized spacial score (nSPS) is 23.2. The number of aromatic nitrogens is 3. The molecule has 1 aromatic heterocycles. The molecule has 1 heterocycles. The molecule has 18 heavy (non-hydrogen) atoms. The molecule has 1 atom stereocenters. The second kappa shape index (κ2) is 5.95. The fourth-order valence-corrected chi connectivity index (χ4v) is 2.62. The van der Waals surface area contributed by atoms with Crippen molar-refractivity contribution in [3.8, 4) is 0 Å². The van der Waals surface area contributed by atoms with Gasteiger partial charge in [-0.25, -0.2) is 8.78 Å². The van der Waals surface area contributed by atoms with Crippen molar-refractivity contribution < 1.29 is 8.78 Å². The first-order valence-electron chi connectivity index (χ1n) is 6.42. The Morgan fingerprint density at radius 1 is 1.50 bits per heavy atom. The minimum absolute atomic E-state index is 0.0105. The standard InChI is InChI=1S/C12H18ClF2N3/c13-6-2-4-11-9-18(17-16-11)8-10-3-1-5-12(14,15)7-10/h9-10H,1-8H2. The highest BCUT2D eigenvalue weighted by Gasteiger charge is 2.36. The third-order valence-electron chi connectivity index (χ3n) is 3.34. The first-order chi connectivity index (χ1) is 8.59. The Morgan fingerprint density at radius 2 is 2.33 bits per heavy atom. The smallest absolute Gasteiger partial charge is 0.248 e. The van der Waals surface area contributed by atoms with Crippen LogP contribution in [-0.2, 0) is 13.0 Å². The van der Waals surface area contributed by atoms with Crippen LogP contribution in [0.3, 0.4) is 0 Å². The molecular formula is C12H18ClF2N3. The summed E-state index contributed by atoms with van der Waals surface area (Å²) in [5.74, 6) is -1.89. The Hall–Kier alpha value is -0.710. The van der Waals surface area contributed by atoms with E-state index in [0.717, 1.165) is 25.0 Å². The molecule has 0 radical (unpaired) electrons. The summed E-state index contributed by atoms with van der Waals surface area (Å²) < 4.78 is 28.2. The fourth-order valence-electron chi connectivity index (χ4n) is 2.49. The van der Waals surface area contributed by atoms with Crippen molar-refractivity contribution in [1.82, 2.24) is 15.0 Å². The Kier molecular flexibility index (Phi) is 4.54. The second-order valence-electron chi connectivity index (χ2n) is 5.04. The summed E-state index contributed by atoms with van der Waals surface area (Å²) in [4.78, 5) is 0. The summed E-state index contributed by atoms with van der Waals surface area (Å²) in [7, 11) is 0. The van der Waals surface area contributed by atoms with Gasteiger partial charge in [0.05, 0.1) is 5.69 Å². The van der Waals surface area contributed by atoms with Crippen molar-refractivity contribution in [1.29, 1.82) is 0 Å². The largest absolute Gasteiger partial charge is 0.252 e. The van der Waals surface area contributed by atoms with Crippen LogP contribution in [0.15, 0.2) is 6.20 Å². The lowest BCUT2D eigenvalue weighted by atomic mass is 9.86. The highest BCUT2D eigenvalue weighted by atomic mass is 35.5. The van der Waals surface area contributed by atoms with E-state index >= 15 is 0 Å².